The van der Waals surface area contributed by atoms with E-state index in [2.05, 4.69) is 5.32 Å². The molecule has 0 aliphatic carbocycles. The number of hydrogen-bond acceptors (Lipinski definition) is 3. The zero-order valence-corrected chi connectivity index (χ0v) is 11.2. The minimum Gasteiger partial charge on any atom is -0.351 e. The van der Waals surface area contributed by atoms with E-state index >= 15 is 0 Å². The molecule has 0 aliphatic rings. The molecule has 4 nitrogen and oxygen atoms in total. The van der Waals surface area contributed by atoms with Crippen molar-refractivity contribution in [3.8, 4) is 0 Å². The van der Waals surface area contributed by atoms with Gasteiger partial charge in [0.1, 0.15) is 5.78 Å². The molecule has 0 unspecified atom stereocenters. The topological polar surface area (TPSA) is 49.4 Å². The Morgan fingerprint density at radius 1 is 1.17 bits per heavy atom. The number of carbonyl (C=O) groups excluding carboxylic acids is 2. The number of rotatable bonds is 6. The number of nitrogens with one attached hydrogen (secondary N) is 1. The highest BCUT2D eigenvalue weighted by Gasteiger charge is 2.05. The SMILES string of the molecule is CC(=O)Cc1ccc(C(=O)NCCN(C)C)cc1. The van der Waals surface area contributed by atoms with E-state index in [-0.39, 0.29) is 11.7 Å². The van der Waals surface area contributed by atoms with E-state index in [0.717, 1.165) is 12.1 Å². The molecular weight excluding hydrogens is 228 g/mol. The van der Waals surface area contributed by atoms with Crippen molar-refractivity contribution in [3.63, 3.8) is 0 Å². The van der Waals surface area contributed by atoms with Gasteiger partial charge in [0.25, 0.3) is 5.91 Å². The second-order valence-corrected chi connectivity index (χ2v) is 4.63. The van der Waals surface area contributed by atoms with Crippen LogP contribution in [0.1, 0.15) is 22.8 Å². The van der Waals surface area contributed by atoms with Crippen LogP contribution in [-0.2, 0) is 11.2 Å². The number of ketones is 1. The maximum atomic E-state index is 11.8. The first-order valence-corrected chi connectivity index (χ1v) is 6.00. The molecule has 1 aromatic rings. The molecule has 0 fully saturated rings. The highest BCUT2D eigenvalue weighted by Crippen LogP contribution is 2.05. The van der Waals surface area contributed by atoms with Crippen molar-refractivity contribution >= 4 is 11.7 Å². The average Bonchev–Trinajstić information content (AvgIpc) is 2.28. The van der Waals surface area contributed by atoms with Crippen molar-refractivity contribution in [2.45, 2.75) is 13.3 Å². The third kappa shape index (κ3) is 5.10. The van der Waals surface area contributed by atoms with Crippen molar-refractivity contribution in [1.82, 2.24) is 10.2 Å². The second kappa shape index (κ2) is 6.91. The molecule has 1 amide bonds. The number of nitrogens with zero attached hydrogens (tertiary/aromatic N) is 1. The first kappa shape index (κ1) is 14.4. The molecule has 98 valence electrons. The van der Waals surface area contributed by atoms with Crippen LogP contribution >= 0.6 is 0 Å². The van der Waals surface area contributed by atoms with Gasteiger partial charge in [0.05, 0.1) is 0 Å². The van der Waals surface area contributed by atoms with Crippen LogP contribution in [0.2, 0.25) is 0 Å². The Labute approximate surface area is 108 Å². The number of Topliss-reactive ketones (excluding diaryl/α,β-unsaturated/α-hetero) is 1. The first-order valence-electron chi connectivity index (χ1n) is 6.00. The van der Waals surface area contributed by atoms with Crippen molar-refractivity contribution in [3.05, 3.63) is 35.4 Å². The third-order valence-corrected chi connectivity index (χ3v) is 2.51. The number of carbonyl (C=O) groups is 2. The van der Waals surface area contributed by atoms with Crippen LogP contribution in [0.3, 0.4) is 0 Å². The molecule has 18 heavy (non-hydrogen) atoms. The third-order valence-electron chi connectivity index (χ3n) is 2.51. The summed E-state index contributed by atoms with van der Waals surface area (Å²) in [6.45, 7) is 3.00. The molecule has 0 bridgehead atoms. The van der Waals surface area contributed by atoms with Crippen LogP contribution in [-0.4, -0.2) is 43.8 Å². The first-order chi connectivity index (χ1) is 8.49. The summed E-state index contributed by atoms with van der Waals surface area (Å²) in [5.74, 6) is 0.0457. The molecule has 1 rings (SSSR count). The summed E-state index contributed by atoms with van der Waals surface area (Å²) in [6, 6.07) is 7.15. The summed E-state index contributed by atoms with van der Waals surface area (Å²) in [4.78, 5) is 24.7. The van der Waals surface area contributed by atoms with Crippen molar-refractivity contribution in [1.29, 1.82) is 0 Å². The summed E-state index contributed by atoms with van der Waals surface area (Å²) < 4.78 is 0. The standard InChI is InChI=1S/C14H20N2O2/c1-11(17)10-12-4-6-13(7-5-12)14(18)15-8-9-16(2)3/h4-7H,8-10H2,1-3H3,(H,15,18). The lowest BCUT2D eigenvalue weighted by Crippen LogP contribution is -2.31. The van der Waals surface area contributed by atoms with Gasteiger partial charge in [-0.3, -0.25) is 9.59 Å². The summed E-state index contributed by atoms with van der Waals surface area (Å²) in [6.07, 6.45) is 0.419. The summed E-state index contributed by atoms with van der Waals surface area (Å²) in [7, 11) is 3.92. The van der Waals surface area contributed by atoms with Crippen LogP contribution in [0.5, 0.6) is 0 Å². The summed E-state index contributed by atoms with van der Waals surface area (Å²) >= 11 is 0. The number of benzene rings is 1. The molecule has 0 saturated carbocycles. The monoisotopic (exact) mass is 248 g/mol. The van der Waals surface area contributed by atoms with Crippen molar-refractivity contribution in [2.24, 2.45) is 0 Å². The van der Waals surface area contributed by atoms with Gasteiger partial charge in [0.2, 0.25) is 0 Å². The summed E-state index contributed by atoms with van der Waals surface area (Å²) in [5, 5.41) is 2.84. The molecule has 4 heteroatoms. The zero-order chi connectivity index (χ0) is 13.5. The van der Waals surface area contributed by atoms with E-state index in [1.807, 2.05) is 31.1 Å². The normalized spacial score (nSPS) is 10.4. The molecular formula is C14H20N2O2. The molecule has 0 atom stereocenters. The van der Waals surface area contributed by atoms with E-state index in [4.69, 9.17) is 0 Å². The van der Waals surface area contributed by atoms with E-state index in [1.54, 1.807) is 19.1 Å². The molecule has 0 aromatic heterocycles. The molecule has 0 saturated heterocycles. The van der Waals surface area contributed by atoms with Gasteiger partial charge in [-0.25, -0.2) is 0 Å². The Kier molecular flexibility index (Phi) is 5.52. The lowest BCUT2D eigenvalue weighted by Gasteiger charge is -2.10. The summed E-state index contributed by atoms with van der Waals surface area (Å²) in [5.41, 5.74) is 1.56. The van der Waals surface area contributed by atoms with Gasteiger partial charge in [0.15, 0.2) is 0 Å². The number of amides is 1. The number of likely N-dealkylation sites (N-methyl/N-ethyl adjacent to an activating group) is 1. The molecule has 1 N–H and O–H groups in total. The van der Waals surface area contributed by atoms with Gasteiger partial charge in [-0.1, -0.05) is 12.1 Å². The van der Waals surface area contributed by atoms with Gasteiger partial charge in [-0.15, -0.1) is 0 Å². The van der Waals surface area contributed by atoms with Crippen molar-refractivity contribution in [2.75, 3.05) is 27.2 Å². The maximum absolute atomic E-state index is 11.8. The van der Waals surface area contributed by atoms with E-state index in [0.29, 0.717) is 18.5 Å². The van der Waals surface area contributed by atoms with E-state index < -0.39 is 0 Å². The zero-order valence-electron chi connectivity index (χ0n) is 11.2. The quantitative estimate of drug-likeness (QED) is 0.820. The number of hydrogen-bond donors (Lipinski definition) is 1. The van der Waals surface area contributed by atoms with Crippen LogP contribution in [0.25, 0.3) is 0 Å². The van der Waals surface area contributed by atoms with Gasteiger partial charge < -0.3 is 10.2 Å². The van der Waals surface area contributed by atoms with Crippen molar-refractivity contribution < 1.29 is 9.59 Å². The largest absolute Gasteiger partial charge is 0.351 e. The fourth-order valence-electron chi connectivity index (χ4n) is 1.56. The Morgan fingerprint density at radius 2 is 1.78 bits per heavy atom. The minimum absolute atomic E-state index is 0.0776. The maximum Gasteiger partial charge on any atom is 0.251 e. The molecule has 0 radical (unpaired) electrons. The average molecular weight is 248 g/mol. The fourth-order valence-corrected chi connectivity index (χ4v) is 1.56. The highest BCUT2D eigenvalue weighted by molar-refractivity contribution is 5.94. The van der Waals surface area contributed by atoms with Gasteiger partial charge >= 0.3 is 0 Å². The fraction of sp³-hybridized carbons (Fsp3) is 0.429. The highest BCUT2D eigenvalue weighted by atomic mass is 16.1. The predicted octanol–water partition coefficient (Wildman–Crippen LogP) is 1.11. The molecule has 0 spiro atoms. The lowest BCUT2D eigenvalue weighted by atomic mass is 10.1. The van der Waals surface area contributed by atoms with Crippen LogP contribution in [0.15, 0.2) is 24.3 Å². The Balaban J connectivity index is 2.51. The Bertz CT molecular complexity index is 410. The smallest absolute Gasteiger partial charge is 0.251 e. The molecule has 0 aliphatic heterocycles. The molecule has 0 heterocycles. The predicted molar refractivity (Wildman–Crippen MR) is 71.7 cm³/mol. The lowest BCUT2D eigenvalue weighted by molar-refractivity contribution is -0.116. The van der Waals surface area contributed by atoms with Gasteiger partial charge in [-0.05, 0) is 38.7 Å². The minimum atomic E-state index is -0.0776. The van der Waals surface area contributed by atoms with Gasteiger partial charge in [-0.2, -0.15) is 0 Å². The van der Waals surface area contributed by atoms with E-state index in [9.17, 15) is 9.59 Å². The molecule has 1 aromatic carbocycles. The van der Waals surface area contributed by atoms with Gasteiger partial charge in [0, 0.05) is 25.1 Å². The van der Waals surface area contributed by atoms with E-state index in [1.165, 1.54) is 0 Å². The Morgan fingerprint density at radius 3 is 2.28 bits per heavy atom. The Hall–Kier alpha value is -1.68. The second-order valence-electron chi connectivity index (χ2n) is 4.63. The van der Waals surface area contributed by atoms with Crippen LogP contribution < -0.4 is 5.32 Å². The van der Waals surface area contributed by atoms with Crippen LogP contribution in [0, 0.1) is 0 Å². The van der Waals surface area contributed by atoms with Crippen LogP contribution in [0.4, 0.5) is 0 Å².